The third-order valence-electron chi connectivity index (χ3n) is 3.70. The van der Waals surface area contributed by atoms with Crippen LogP contribution in [0.3, 0.4) is 0 Å². The third kappa shape index (κ3) is 3.18. The summed E-state index contributed by atoms with van der Waals surface area (Å²) in [5.74, 6) is 0. The molecule has 0 heterocycles. The summed E-state index contributed by atoms with van der Waals surface area (Å²) in [6.45, 7) is 2.15. The van der Waals surface area contributed by atoms with Crippen molar-refractivity contribution in [3.05, 3.63) is 0 Å². The van der Waals surface area contributed by atoms with Gasteiger partial charge >= 0.3 is 0 Å². The van der Waals surface area contributed by atoms with Gasteiger partial charge in [-0.3, -0.25) is 0 Å². The SMILES string of the molecule is CNC1(C#N)CCC(N(C)CCN(C)C)C1. The van der Waals surface area contributed by atoms with Crippen molar-refractivity contribution in [3.63, 3.8) is 0 Å². The molecule has 16 heavy (non-hydrogen) atoms. The molecule has 0 amide bonds. The van der Waals surface area contributed by atoms with Gasteiger partial charge in [-0.2, -0.15) is 5.26 Å². The van der Waals surface area contributed by atoms with Crippen LogP contribution in [-0.2, 0) is 0 Å². The smallest absolute Gasteiger partial charge is 0.108 e. The fourth-order valence-corrected chi connectivity index (χ4v) is 2.32. The lowest BCUT2D eigenvalue weighted by atomic mass is 10.00. The number of likely N-dealkylation sites (N-methyl/N-ethyl adjacent to an activating group) is 2. The maximum Gasteiger partial charge on any atom is 0.108 e. The van der Waals surface area contributed by atoms with Gasteiger partial charge in [0, 0.05) is 19.1 Å². The van der Waals surface area contributed by atoms with Crippen LogP contribution in [0.15, 0.2) is 0 Å². The monoisotopic (exact) mass is 224 g/mol. The molecule has 0 radical (unpaired) electrons. The molecular formula is C12H24N4. The van der Waals surface area contributed by atoms with Crippen LogP contribution in [0.1, 0.15) is 19.3 Å². The Hall–Kier alpha value is -0.630. The zero-order valence-corrected chi connectivity index (χ0v) is 11.0. The van der Waals surface area contributed by atoms with E-state index in [-0.39, 0.29) is 5.54 Å². The Bertz CT molecular complexity index is 258. The first kappa shape index (κ1) is 13.4. The molecular weight excluding hydrogens is 200 g/mol. The Kier molecular flexibility index (Phi) is 4.72. The van der Waals surface area contributed by atoms with E-state index in [4.69, 9.17) is 0 Å². The van der Waals surface area contributed by atoms with Gasteiger partial charge in [-0.15, -0.1) is 0 Å². The van der Waals surface area contributed by atoms with Crippen LogP contribution in [0.4, 0.5) is 0 Å². The van der Waals surface area contributed by atoms with Crippen LogP contribution in [0.2, 0.25) is 0 Å². The Balaban J connectivity index is 2.43. The van der Waals surface area contributed by atoms with E-state index in [0.717, 1.165) is 32.4 Å². The minimum Gasteiger partial charge on any atom is -0.308 e. The Labute approximate surface area is 99.2 Å². The number of rotatable bonds is 5. The van der Waals surface area contributed by atoms with E-state index >= 15 is 0 Å². The molecule has 1 aliphatic rings. The second-order valence-electron chi connectivity index (χ2n) is 5.12. The average Bonchev–Trinajstić information content (AvgIpc) is 2.71. The molecule has 0 spiro atoms. The quantitative estimate of drug-likeness (QED) is 0.739. The molecule has 0 aromatic heterocycles. The zero-order valence-electron chi connectivity index (χ0n) is 11.0. The van der Waals surface area contributed by atoms with E-state index in [2.05, 4.69) is 42.3 Å². The maximum absolute atomic E-state index is 9.19. The Morgan fingerprint density at radius 3 is 2.50 bits per heavy atom. The maximum atomic E-state index is 9.19. The van der Waals surface area contributed by atoms with Crippen LogP contribution in [0.25, 0.3) is 0 Å². The summed E-state index contributed by atoms with van der Waals surface area (Å²) in [6, 6.07) is 2.98. The standard InChI is InChI=1S/C12H24N4/c1-14-12(10-13)6-5-11(9-12)16(4)8-7-15(2)3/h11,14H,5-9H2,1-4H3. The molecule has 0 aromatic carbocycles. The summed E-state index contributed by atoms with van der Waals surface area (Å²) < 4.78 is 0. The molecule has 2 unspecified atom stereocenters. The molecule has 0 aliphatic heterocycles. The summed E-state index contributed by atoms with van der Waals surface area (Å²) in [6.07, 6.45) is 3.04. The molecule has 1 rings (SSSR count). The van der Waals surface area contributed by atoms with Crippen molar-refractivity contribution < 1.29 is 0 Å². The van der Waals surface area contributed by atoms with Gasteiger partial charge in [-0.25, -0.2) is 0 Å². The Morgan fingerprint density at radius 2 is 2.06 bits per heavy atom. The predicted octanol–water partition coefficient (Wildman–Crippen LogP) is 0.514. The van der Waals surface area contributed by atoms with Crippen molar-refractivity contribution >= 4 is 0 Å². The van der Waals surface area contributed by atoms with Gasteiger partial charge in [0.15, 0.2) is 0 Å². The minimum absolute atomic E-state index is 0.281. The second kappa shape index (κ2) is 5.62. The molecule has 0 bridgehead atoms. The lowest BCUT2D eigenvalue weighted by Gasteiger charge is -2.27. The summed E-state index contributed by atoms with van der Waals surface area (Å²) in [4.78, 5) is 4.58. The number of nitrogens with zero attached hydrogens (tertiary/aromatic N) is 3. The molecule has 1 N–H and O–H groups in total. The van der Waals surface area contributed by atoms with E-state index in [1.165, 1.54) is 0 Å². The van der Waals surface area contributed by atoms with Crippen LogP contribution in [-0.4, -0.2) is 62.7 Å². The average molecular weight is 224 g/mol. The van der Waals surface area contributed by atoms with Crippen molar-refractivity contribution in [2.24, 2.45) is 0 Å². The van der Waals surface area contributed by atoms with Crippen LogP contribution >= 0.6 is 0 Å². The minimum atomic E-state index is -0.281. The number of nitrogens with one attached hydrogen (secondary N) is 1. The fourth-order valence-electron chi connectivity index (χ4n) is 2.32. The first-order valence-corrected chi connectivity index (χ1v) is 5.98. The molecule has 1 fully saturated rings. The highest BCUT2D eigenvalue weighted by atomic mass is 15.2. The number of hydrogen-bond acceptors (Lipinski definition) is 4. The molecule has 2 atom stereocenters. The summed E-state index contributed by atoms with van der Waals surface area (Å²) in [7, 11) is 8.24. The lowest BCUT2D eigenvalue weighted by Crippen LogP contribution is -2.42. The van der Waals surface area contributed by atoms with Gasteiger partial charge in [0.25, 0.3) is 0 Å². The van der Waals surface area contributed by atoms with Crippen LogP contribution in [0, 0.1) is 11.3 Å². The molecule has 0 aromatic rings. The molecule has 0 saturated heterocycles. The van der Waals surface area contributed by atoms with Crippen molar-refractivity contribution in [2.75, 3.05) is 41.3 Å². The Morgan fingerprint density at radius 1 is 1.38 bits per heavy atom. The summed E-state index contributed by atoms with van der Waals surface area (Å²) >= 11 is 0. The van der Waals surface area contributed by atoms with E-state index in [0.29, 0.717) is 6.04 Å². The fraction of sp³-hybridized carbons (Fsp3) is 0.917. The highest BCUT2D eigenvalue weighted by Gasteiger charge is 2.39. The van der Waals surface area contributed by atoms with Gasteiger partial charge in [-0.05, 0) is 47.5 Å². The zero-order chi connectivity index (χ0) is 12.2. The lowest BCUT2D eigenvalue weighted by molar-refractivity contribution is 0.214. The number of hydrogen-bond donors (Lipinski definition) is 1. The normalized spacial score (nSPS) is 29.9. The number of nitriles is 1. The molecule has 1 saturated carbocycles. The topological polar surface area (TPSA) is 42.3 Å². The van der Waals surface area contributed by atoms with E-state index in [1.807, 2.05) is 7.05 Å². The van der Waals surface area contributed by atoms with Gasteiger partial charge in [0.2, 0.25) is 0 Å². The van der Waals surface area contributed by atoms with Gasteiger partial charge in [-0.1, -0.05) is 0 Å². The summed E-state index contributed by atoms with van der Waals surface area (Å²) in [5.41, 5.74) is -0.281. The van der Waals surface area contributed by atoms with Crippen molar-refractivity contribution in [2.45, 2.75) is 30.8 Å². The first-order chi connectivity index (χ1) is 7.53. The second-order valence-corrected chi connectivity index (χ2v) is 5.12. The molecule has 1 aliphatic carbocycles. The van der Waals surface area contributed by atoms with Crippen molar-refractivity contribution in [3.8, 4) is 6.07 Å². The third-order valence-corrected chi connectivity index (χ3v) is 3.70. The molecule has 4 nitrogen and oxygen atoms in total. The van der Waals surface area contributed by atoms with Gasteiger partial charge < -0.3 is 15.1 Å². The molecule has 4 heteroatoms. The first-order valence-electron chi connectivity index (χ1n) is 5.98. The van der Waals surface area contributed by atoms with E-state index in [9.17, 15) is 5.26 Å². The molecule has 92 valence electrons. The van der Waals surface area contributed by atoms with E-state index in [1.54, 1.807) is 0 Å². The van der Waals surface area contributed by atoms with Crippen molar-refractivity contribution in [1.82, 2.24) is 15.1 Å². The van der Waals surface area contributed by atoms with Gasteiger partial charge in [0.05, 0.1) is 6.07 Å². The van der Waals surface area contributed by atoms with Crippen LogP contribution in [0.5, 0.6) is 0 Å². The van der Waals surface area contributed by atoms with Gasteiger partial charge in [0.1, 0.15) is 5.54 Å². The predicted molar refractivity (Wildman–Crippen MR) is 66.2 cm³/mol. The highest BCUT2D eigenvalue weighted by molar-refractivity contribution is 5.12. The van der Waals surface area contributed by atoms with Crippen molar-refractivity contribution in [1.29, 1.82) is 5.26 Å². The largest absolute Gasteiger partial charge is 0.308 e. The highest BCUT2D eigenvalue weighted by Crippen LogP contribution is 2.31. The summed E-state index contributed by atoms with van der Waals surface area (Å²) in [5, 5.41) is 12.4. The van der Waals surface area contributed by atoms with Crippen LogP contribution < -0.4 is 5.32 Å². The van der Waals surface area contributed by atoms with E-state index < -0.39 is 0 Å².